The van der Waals surface area contributed by atoms with Gasteiger partial charge in [0.1, 0.15) is 23.0 Å². The molecule has 1 heterocycles. The van der Waals surface area contributed by atoms with Crippen molar-refractivity contribution in [2.75, 3.05) is 26.6 Å². The Hall–Kier alpha value is -3.73. The second-order valence-electron chi connectivity index (χ2n) is 5.28. The molecule has 1 amide bonds. The summed E-state index contributed by atoms with van der Waals surface area (Å²) in [6.45, 7) is 1.50. The number of aryl methyl sites for hydroxylation is 1. The number of methoxy groups -OCH3 is 3. The normalized spacial score (nSPS) is 10.3. The molecular formula is C19H18N2O6. The molecule has 0 fully saturated rings. The number of hydrogen-bond donors (Lipinski definition) is 1. The van der Waals surface area contributed by atoms with Crippen LogP contribution in [0.5, 0.6) is 11.5 Å². The lowest BCUT2D eigenvalue weighted by atomic mass is 10.1. The lowest BCUT2D eigenvalue weighted by Crippen LogP contribution is -2.09. The van der Waals surface area contributed by atoms with Crippen molar-refractivity contribution in [3.8, 4) is 17.6 Å². The Morgan fingerprint density at radius 3 is 2.48 bits per heavy atom. The predicted molar refractivity (Wildman–Crippen MR) is 96.7 cm³/mol. The van der Waals surface area contributed by atoms with E-state index in [-0.39, 0.29) is 22.8 Å². The Morgan fingerprint density at radius 1 is 1.19 bits per heavy atom. The average molecular weight is 370 g/mol. The summed E-state index contributed by atoms with van der Waals surface area (Å²) in [5, 5.41) is 11.7. The van der Waals surface area contributed by atoms with Crippen LogP contribution in [0.15, 0.2) is 28.7 Å². The largest absolute Gasteiger partial charge is 0.493 e. The molecule has 0 saturated heterocycles. The van der Waals surface area contributed by atoms with E-state index in [0.29, 0.717) is 17.1 Å². The van der Waals surface area contributed by atoms with Crippen LogP contribution in [-0.4, -0.2) is 33.2 Å². The molecule has 2 aromatic rings. The molecule has 1 aromatic heterocycles. The maximum atomic E-state index is 12.2. The van der Waals surface area contributed by atoms with Gasteiger partial charge >= 0.3 is 5.97 Å². The first-order valence-electron chi connectivity index (χ1n) is 7.78. The number of nitriles is 1. The standard InChI is InChI=1S/C19H18N2O6/c1-11-17(19(23)26-4)13(10-20)18(27-11)21-16(22)8-6-12-5-7-14(24-2)15(9-12)25-3/h5-9H,1-4H3,(H,21,22)/b8-6+. The van der Waals surface area contributed by atoms with Crippen LogP contribution < -0.4 is 14.8 Å². The third kappa shape index (κ3) is 4.27. The molecule has 1 N–H and O–H groups in total. The van der Waals surface area contributed by atoms with Crippen molar-refractivity contribution >= 4 is 23.8 Å². The number of nitrogens with zero attached hydrogens (tertiary/aromatic N) is 1. The first kappa shape index (κ1) is 19.6. The molecule has 0 radical (unpaired) electrons. The van der Waals surface area contributed by atoms with Crippen LogP contribution in [0.3, 0.4) is 0 Å². The minimum atomic E-state index is -0.714. The number of ether oxygens (including phenoxy) is 3. The molecule has 8 heteroatoms. The second kappa shape index (κ2) is 8.58. The molecule has 0 bridgehead atoms. The summed E-state index contributed by atoms with van der Waals surface area (Å²) in [6.07, 6.45) is 2.82. The van der Waals surface area contributed by atoms with E-state index < -0.39 is 11.9 Å². The number of esters is 1. The molecule has 0 aliphatic rings. The van der Waals surface area contributed by atoms with E-state index >= 15 is 0 Å². The van der Waals surface area contributed by atoms with Crippen LogP contribution in [-0.2, 0) is 9.53 Å². The number of furan rings is 1. The third-order valence-corrected chi connectivity index (χ3v) is 3.66. The Labute approximate surface area is 155 Å². The van der Waals surface area contributed by atoms with Gasteiger partial charge in [0, 0.05) is 6.08 Å². The fourth-order valence-corrected chi connectivity index (χ4v) is 2.37. The Kier molecular flexibility index (Phi) is 6.23. The SMILES string of the molecule is COC(=O)c1c(C)oc(NC(=O)/C=C/c2ccc(OC)c(OC)c2)c1C#N. The van der Waals surface area contributed by atoms with Crippen LogP contribution in [0.2, 0.25) is 0 Å². The minimum Gasteiger partial charge on any atom is -0.493 e. The molecule has 0 saturated carbocycles. The summed E-state index contributed by atoms with van der Waals surface area (Å²) in [5.74, 6) is -0.0917. The van der Waals surface area contributed by atoms with Crippen LogP contribution in [0.25, 0.3) is 6.08 Å². The fraction of sp³-hybridized carbons (Fsp3) is 0.211. The van der Waals surface area contributed by atoms with Gasteiger partial charge < -0.3 is 18.6 Å². The third-order valence-electron chi connectivity index (χ3n) is 3.66. The molecule has 0 atom stereocenters. The van der Waals surface area contributed by atoms with Crippen LogP contribution in [0, 0.1) is 18.3 Å². The monoisotopic (exact) mass is 370 g/mol. The minimum absolute atomic E-state index is 0.0147. The van der Waals surface area contributed by atoms with E-state index in [4.69, 9.17) is 13.9 Å². The number of nitrogens with one attached hydrogen (secondary N) is 1. The molecule has 0 spiro atoms. The molecule has 0 aliphatic carbocycles. The topological polar surface area (TPSA) is 111 Å². The summed E-state index contributed by atoms with van der Waals surface area (Å²) < 4.78 is 20.3. The highest BCUT2D eigenvalue weighted by molar-refractivity contribution is 6.03. The average Bonchev–Trinajstić information content (AvgIpc) is 2.99. The number of anilines is 1. The van der Waals surface area contributed by atoms with Crippen LogP contribution in [0.1, 0.15) is 27.2 Å². The van der Waals surface area contributed by atoms with Gasteiger partial charge in [0.25, 0.3) is 5.91 Å². The smallest absolute Gasteiger partial charge is 0.342 e. The maximum Gasteiger partial charge on any atom is 0.342 e. The van der Waals surface area contributed by atoms with Gasteiger partial charge in [-0.3, -0.25) is 10.1 Å². The Bertz CT molecular complexity index is 936. The van der Waals surface area contributed by atoms with E-state index in [0.717, 1.165) is 0 Å². The number of carbonyl (C=O) groups is 2. The first-order valence-corrected chi connectivity index (χ1v) is 7.78. The molecule has 8 nitrogen and oxygen atoms in total. The van der Waals surface area contributed by atoms with Gasteiger partial charge in [-0.25, -0.2) is 4.79 Å². The lowest BCUT2D eigenvalue weighted by Gasteiger charge is -2.07. The summed E-state index contributed by atoms with van der Waals surface area (Å²) >= 11 is 0. The molecule has 0 aliphatic heterocycles. The van der Waals surface area contributed by atoms with Crippen LogP contribution in [0.4, 0.5) is 5.88 Å². The van der Waals surface area contributed by atoms with Gasteiger partial charge in [-0.15, -0.1) is 0 Å². The highest BCUT2D eigenvalue weighted by Crippen LogP contribution is 2.29. The van der Waals surface area contributed by atoms with Gasteiger partial charge in [-0.05, 0) is 30.7 Å². The maximum absolute atomic E-state index is 12.2. The Morgan fingerprint density at radius 2 is 1.89 bits per heavy atom. The predicted octanol–water partition coefficient (Wildman–Crippen LogP) is 2.92. The van der Waals surface area contributed by atoms with Crippen molar-refractivity contribution < 1.29 is 28.2 Å². The zero-order valence-corrected chi connectivity index (χ0v) is 15.3. The van der Waals surface area contributed by atoms with Gasteiger partial charge in [-0.1, -0.05) is 6.07 Å². The highest BCUT2D eigenvalue weighted by atomic mass is 16.5. The summed E-state index contributed by atoms with van der Waals surface area (Å²) in [6, 6.07) is 7.01. The number of amides is 1. The zero-order valence-electron chi connectivity index (χ0n) is 15.3. The Balaban J connectivity index is 2.20. The van der Waals surface area contributed by atoms with Gasteiger partial charge in [0.2, 0.25) is 5.88 Å². The number of hydrogen-bond acceptors (Lipinski definition) is 7. The molecule has 27 heavy (non-hydrogen) atoms. The second-order valence-corrected chi connectivity index (χ2v) is 5.28. The van der Waals surface area contributed by atoms with Crippen molar-refractivity contribution in [1.82, 2.24) is 0 Å². The number of carbonyl (C=O) groups excluding carboxylic acids is 2. The summed E-state index contributed by atoms with van der Waals surface area (Å²) in [7, 11) is 4.24. The van der Waals surface area contributed by atoms with Crippen molar-refractivity contribution in [2.45, 2.75) is 6.92 Å². The van der Waals surface area contributed by atoms with Gasteiger partial charge in [0.15, 0.2) is 11.5 Å². The van der Waals surface area contributed by atoms with Crippen molar-refractivity contribution in [3.05, 3.63) is 46.7 Å². The van der Waals surface area contributed by atoms with Crippen molar-refractivity contribution in [3.63, 3.8) is 0 Å². The van der Waals surface area contributed by atoms with Crippen molar-refractivity contribution in [2.24, 2.45) is 0 Å². The van der Waals surface area contributed by atoms with E-state index in [1.54, 1.807) is 24.3 Å². The van der Waals surface area contributed by atoms with E-state index in [9.17, 15) is 14.9 Å². The molecule has 140 valence electrons. The highest BCUT2D eigenvalue weighted by Gasteiger charge is 2.25. The summed E-state index contributed by atoms with van der Waals surface area (Å²) in [4.78, 5) is 23.9. The number of benzene rings is 1. The molecule has 2 rings (SSSR count). The van der Waals surface area contributed by atoms with E-state index in [1.807, 2.05) is 6.07 Å². The molecule has 0 unspecified atom stereocenters. The summed E-state index contributed by atoms with van der Waals surface area (Å²) in [5.41, 5.74) is 0.598. The van der Waals surface area contributed by atoms with Gasteiger partial charge in [0.05, 0.1) is 21.3 Å². The van der Waals surface area contributed by atoms with Crippen LogP contribution >= 0.6 is 0 Å². The fourth-order valence-electron chi connectivity index (χ4n) is 2.37. The van der Waals surface area contributed by atoms with Gasteiger partial charge in [-0.2, -0.15) is 5.26 Å². The first-order chi connectivity index (χ1) is 12.9. The van der Waals surface area contributed by atoms with E-state index in [1.165, 1.54) is 34.3 Å². The molecular weight excluding hydrogens is 352 g/mol. The quantitative estimate of drug-likeness (QED) is 0.615. The van der Waals surface area contributed by atoms with E-state index in [2.05, 4.69) is 10.1 Å². The lowest BCUT2D eigenvalue weighted by molar-refractivity contribution is -0.111. The zero-order chi connectivity index (χ0) is 20.0. The van der Waals surface area contributed by atoms with Crippen molar-refractivity contribution in [1.29, 1.82) is 5.26 Å². The number of rotatable bonds is 6. The molecule has 1 aromatic carbocycles.